The molecule has 8 nitrogen and oxygen atoms in total. The zero-order valence-corrected chi connectivity index (χ0v) is 14.5. The monoisotopic (exact) mass is 577 g/mol. The van der Waals surface area contributed by atoms with E-state index in [0.717, 1.165) is 0 Å². The molecule has 0 amide bonds. The Bertz CT molecular complexity index is 19.4. The van der Waals surface area contributed by atoms with Gasteiger partial charge in [0.1, 0.15) is 0 Å². The van der Waals surface area contributed by atoms with Gasteiger partial charge in [-0.1, -0.05) is 0 Å². The van der Waals surface area contributed by atoms with Gasteiger partial charge in [-0.3, -0.25) is 0 Å². The molecule has 0 heterocycles. The summed E-state index contributed by atoms with van der Waals surface area (Å²) in [7, 11) is 0. The van der Waals surface area contributed by atoms with Gasteiger partial charge in [-0.25, -0.2) is 0 Å². The van der Waals surface area contributed by atoms with E-state index in [2.05, 4.69) is 0 Å². The fourth-order valence-electron chi connectivity index (χ4n) is 0. The minimum absolute atomic E-state index is 0. The maximum atomic E-state index is 0. The van der Waals surface area contributed by atoms with E-state index in [1.54, 1.807) is 0 Å². The predicted molar refractivity (Wildman–Crippen MR) is 37.1 cm³/mol. The standard InChI is InChI=1S/3HI.8H2O.Sc/h3*1H;8*1H2;/q;;;;;;;;;;;+3/p+4. The number of hydrogen-bond donors (Lipinski definition) is 0. The summed E-state index contributed by atoms with van der Waals surface area (Å²) in [5, 5.41) is 0. The van der Waals surface area contributed by atoms with Gasteiger partial charge in [0, 0.05) is 0 Å². The fourth-order valence-corrected chi connectivity index (χ4v) is 0. The third kappa shape index (κ3) is 234. The van der Waals surface area contributed by atoms with Crippen molar-refractivity contribution < 1.29 is 143 Å². The molecule has 0 spiro atoms. The molecule has 0 unspecified atom stereocenters. The zero-order valence-electron chi connectivity index (χ0n) is 7.20. The molecule has 0 atom stereocenters. The van der Waals surface area contributed by atoms with E-state index in [4.69, 9.17) is 0 Å². The molecule has 0 saturated heterocycles. The van der Waals surface area contributed by atoms with Crippen LogP contribution in [0.4, 0.5) is 0 Å². The Balaban J connectivity index is 0. The Morgan fingerprint density at radius 3 is 0.417 bits per heavy atom. The van der Waals surface area contributed by atoms with Crippen molar-refractivity contribution in [3.63, 3.8) is 0 Å². The summed E-state index contributed by atoms with van der Waals surface area (Å²) in [6, 6.07) is 0. The second-order valence-corrected chi connectivity index (χ2v) is 0. The van der Waals surface area contributed by atoms with Gasteiger partial charge in [0.15, 0.2) is 0 Å². The Morgan fingerprint density at radius 2 is 0.417 bits per heavy atom. The van der Waals surface area contributed by atoms with E-state index < -0.39 is 0 Å². The van der Waals surface area contributed by atoms with Crippen molar-refractivity contribution in [3.8, 4) is 0 Å². The molecule has 12 heavy (non-hydrogen) atoms. The Morgan fingerprint density at radius 1 is 0.417 bits per heavy atom. The quantitative estimate of drug-likeness (QED) is 0.197. The Hall–Kier alpha value is 2.74. The van der Waals surface area contributed by atoms with E-state index in [1.807, 2.05) is 0 Å². The van der Waals surface area contributed by atoms with Crippen LogP contribution in [-0.2, 0) is 64.2 Å². The molecular formula is H23I3O8Sc+7. The van der Waals surface area contributed by atoms with Crippen LogP contribution in [0.3, 0.4) is 0 Å². The van der Waals surface area contributed by atoms with Gasteiger partial charge in [-0.05, 0) is 0 Å². The molecule has 88 valence electrons. The van der Waals surface area contributed by atoms with Crippen LogP contribution in [0, 0.1) is 0 Å². The van der Waals surface area contributed by atoms with E-state index in [0.29, 0.717) is 0 Å². The van der Waals surface area contributed by atoms with Gasteiger partial charge in [0.2, 0.25) is 0 Å². The van der Waals surface area contributed by atoms with Crippen molar-refractivity contribution in [1.82, 2.24) is 0 Å². The summed E-state index contributed by atoms with van der Waals surface area (Å²) < 4.78 is 0. The molecule has 12 heteroatoms. The van der Waals surface area contributed by atoms with Gasteiger partial charge < -0.3 is 116 Å². The van der Waals surface area contributed by atoms with Gasteiger partial charge in [-0.2, -0.15) is 0 Å². The molecule has 0 aliphatic rings. The molecule has 22 N–H and O–H groups in total. The minimum Gasteiger partial charge on any atom is -1.00 e. The van der Waals surface area contributed by atoms with Crippen molar-refractivity contribution in [2.45, 2.75) is 0 Å². The third-order valence-corrected chi connectivity index (χ3v) is 0. The first kappa shape index (κ1) is 371. The van der Waals surface area contributed by atoms with E-state index in [1.165, 1.54) is 0 Å². The number of rotatable bonds is 0. The van der Waals surface area contributed by atoms with Crippen LogP contribution in [0.2, 0.25) is 0 Å². The molecule has 0 aromatic heterocycles. The van der Waals surface area contributed by atoms with Crippen LogP contribution in [0.15, 0.2) is 0 Å². The average molecular weight is 577 g/mol. The molecule has 0 saturated carbocycles. The second-order valence-electron chi connectivity index (χ2n) is 0. The number of halogens is 3. The molecule has 0 bridgehead atoms. The van der Waals surface area contributed by atoms with E-state index in [-0.39, 0.29) is 143 Å². The fraction of sp³-hybridized carbons (Fsp3) is 0. The maximum Gasteiger partial charge on any atom is 3.00 e. The molecule has 0 rings (SSSR count). The average Bonchev–Trinajstić information content (AvgIpc) is 0. The summed E-state index contributed by atoms with van der Waals surface area (Å²) in [5.41, 5.74) is 0. The van der Waals surface area contributed by atoms with Gasteiger partial charge in [0.05, 0.1) is 0 Å². The van der Waals surface area contributed by atoms with Crippen molar-refractivity contribution in [3.05, 3.63) is 0 Å². The Labute approximate surface area is 141 Å². The molecule has 0 aromatic rings. The third-order valence-electron chi connectivity index (χ3n) is 0. The Kier molecular flexibility index (Phi) is 9170. The summed E-state index contributed by atoms with van der Waals surface area (Å²) >= 11 is 0. The van der Waals surface area contributed by atoms with Gasteiger partial charge in [-0.15, -0.1) is 0 Å². The molecule has 0 radical (unpaired) electrons. The van der Waals surface area contributed by atoms with Crippen molar-refractivity contribution >= 4 is 0 Å². The summed E-state index contributed by atoms with van der Waals surface area (Å²) in [5.74, 6) is 0. The zero-order chi connectivity index (χ0) is 0. The van der Waals surface area contributed by atoms with Crippen LogP contribution in [0.5, 0.6) is 0 Å². The minimum atomic E-state index is 0. The first-order valence-corrected chi connectivity index (χ1v) is 0. The van der Waals surface area contributed by atoms with Crippen LogP contribution < -0.4 is 71.9 Å². The topological polar surface area (TPSA) is 261 Å². The smallest absolute Gasteiger partial charge is 1.00 e. The van der Waals surface area contributed by atoms with E-state index in [9.17, 15) is 0 Å². The largest absolute Gasteiger partial charge is 3.00 e. The van der Waals surface area contributed by atoms with E-state index >= 15 is 0 Å². The van der Waals surface area contributed by atoms with Crippen LogP contribution in [0.1, 0.15) is 1.43 Å². The van der Waals surface area contributed by atoms with Crippen molar-refractivity contribution in [1.29, 1.82) is 0 Å². The normalized spacial score (nSPS) is 0. The van der Waals surface area contributed by atoms with Crippen molar-refractivity contribution in [2.75, 3.05) is 0 Å². The van der Waals surface area contributed by atoms with Crippen LogP contribution >= 0.6 is 0 Å². The molecular weight excluding hydrogens is 554 g/mol. The molecule has 0 aliphatic heterocycles. The van der Waals surface area contributed by atoms with Crippen LogP contribution in [-0.4, -0.2) is 5.48 Å². The summed E-state index contributed by atoms with van der Waals surface area (Å²) in [6.07, 6.45) is 0. The molecule has 0 fully saturated rings. The summed E-state index contributed by atoms with van der Waals surface area (Å²) in [6.45, 7) is 0. The molecule has 0 aliphatic carbocycles. The van der Waals surface area contributed by atoms with Crippen LogP contribution in [0.25, 0.3) is 0 Å². The second kappa shape index (κ2) is 297. The van der Waals surface area contributed by atoms with Gasteiger partial charge in [0.25, 0.3) is 0 Å². The SMILES string of the molecule is [H+].[I-].[I-].[I-].[OH-].[OH3+].[OH3+].[OH3+].[OH3+].[OH3+].[OH3+].[OH3+].[Sc+3]. The van der Waals surface area contributed by atoms with Crippen molar-refractivity contribution in [2.24, 2.45) is 0 Å². The summed E-state index contributed by atoms with van der Waals surface area (Å²) in [4.78, 5) is 0. The first-order chi connectivity index (χ1) is 0. The predicted octanol–water partition coefficient (Wildman–Crippen LogP) is -15.5. The number of hydrogen-bond acceptors (Lipinski definition) is 1. The first-order valence-electron chi connectivity index (χ1n) is 0. The maximum absolute atomic E-state index is 0. The van der Waals surface area contributed by atoms with Gasteiger partial charge >= 0.3 is 27.3 Å². The molecule has 0 aromatic carbocycles.